The first-order valence-corrected chi connectivity index (χ1v) is 13.5. The summed E-state index contributed by atoms with van der Waals surface area (Å²) < 4.78 is 6.67. The van der Waals surface area contributed by atoms with Crippen LogP contribution in [0.4, 0.5) is 5.69 Å². The lowest BCUT2D eigenvalue weighted by atomic mass is 9.66. The molecule has 3 aliphatic rings. The minimum atomic E-state index is -1.12. The molecule has 1 aromatic rings. The van der Waals surface area contributed by atoms with Gasteiger partial charge in [0.2, 0.25) is 17.7 Å². The molecule has 204 valence electrons. The van der Waals surface area contributed by atoms with Crippen LogP contribution in [0, 0.1) is 17.3 Å². The molecule has 6 atom stereocenters. The third kappa shape index (κ3) is 4.78. The van der Waals surface area contributed by atoms with Gasteiger partial charge in [-0.3, -0.25) is 14.4 Å². The summed E-state index contributed by atoms with van der Waals surface area (Å²) in [4.78, 5) is 43.4. The summed E-state index contributed by atoms with van der Waals surface area (Å²) >= 11 is 0. The van der Waals surface area contributed by atoms with Crippen LogP contribution >= 0.6 is 0 Å². The molecule has 2 unspecified atom stereocenters. The lowest BCUT2D eigenvalue weighted by Crippen LogP contribution is -2.61. The SMILES string of the molecule is CC[C@@H](CO)N1C(=O)[C@@H]2[C@H](C(=O)Nc3ccccc3)[C@]3(C)CCC2(O3)C1C(=O)NC(C)(C)CC(C)(C)C. The van der Waals surface area contributed by atoms with Crippen LogP contribution in [0.1, 0.15) is 74.1 Å². The Morgan fingerprint density at radius 2 is 1.78 bits per heavy atom. The summed E-state index contributed by atoms with van der Waals surface area (Å²) in [7, 11) is 0. The number of aliphatic hydroxyl groups is 1. The molecule has 3 fully saturated rings. The van der Waals surface area contributed by atoms with Crippen molar-refractivity contribution >= 4 is 23.4 Å². The normalized spacial score (nSPS) is 31.8. The zero-order valence-corrected chi connectivity index (χ0v) is 23.3. The second-order valence-electron chi connectivity index (χ2n) is 13.2. The number of nitrogens with one attached hydrogen (secondary N) is 2. The molecule has 0 radical (unpaired) electrons. The number of benzene rings is 1. The molecule has 1 aromatic carbocycles. The van der Waals surface area contributed by atoms with Crippen molar-refractivity contribution in [2.75, 3.05) is 11.9 Å². The van der Waals surface area contributed by atoms with Crippen LogP contribution in [0.2, 0.25) is 0 Å². The maximum atomic E-state index is 14.1. The van der Waals surface area contributed by atoms with E-state index in [-0.39, 0.29) is 29.7 Å². The van der Waals surface area contributed by atoms with Gasteiger partial charge in [-0.2, -0.15) is 0 Å². The lowest BCUT2D eigenvalue weighted by Gasteiger charge is -2.40. The number of rotatable bonds is 8. The number of ether oxygens (including phenoxy) is 1. The minimum absolute atomic E-state index is 0.0176. The second-order valence-corrected chi connectivity index (χ2v) is 13.2. The largest absolute Gasteiger partial charge is 0.394 e. The summed E-state index contributed by atoms with van der Waals surface area (Å²) in [5.74, 6) is -2.39. The quantitative estimate of drug-likeness (QED) is 0.493. The summed E-state index contributed by atoms with van der Waals surface area (Å²) in [6, 6.07) is 7.70. The van der Waals surface area contributed by atoms with E-state index in [4.69, 9.17) is 4.74 Å². The number of nitrogens with zero attached hydrogens (tertiary/aromatic N) is 1. The van der Waals surface area contributed by atoms with Crippen molar-refractivity contribution in [3.05, 3.63) is 30.3 Å². The van der Waals surface area contributed by atoms with E-state index in [0.717, 1.165) is 6.42 Å². The molecule has 4 rings (SSSR count). The van der Waals surface area contributed by atoms with Crippen LogP contribution in [-0.4, -0.2) is 63.2 Å². The summed E-state index contributed by atoms with van der Waals surface area (Å²) in [5, 5.41) is 16.4. The van der Waals surface area contributed by atoms with E-state index < -0.39 is 40.7 Å². The first-order chi connectivity index (χ1) is 17.2. The number of para-hydroxylation sites is 1. The van der Waals surface area contributed by atoms with Crippen LogP contribution in [0.15, 0.2) is 30.3 Å². The van der Waals surface area contributed by atoms with Gasteiger partial charge in [-0.05, 0) is 64.0 Å². The fourth-order valence-electron chi connectivity index (χ4n) is 7.38. The lowest BCUT2D eigenvalue weighted by molar-refractivity contribution is -0.149. The van der Waals surface area contributed by atoms with Gasteiger partial charge < -0.3 is 25.4 Å². The molecule has 1 spiro atoms. The molecule has 3 saturated heterocycles. The van der Waals surface area contributed by atoms with Crippen LogP contribution in [0.25, 0.3) is 0 Å². The van der Waals surface area contributed by atoms with Gasteiger partial charge in [0.05, 0.1) is 30.1 Å². The fourth-order valence-corrected chi connectivity index (χ4v) is 7.38. The highest BCUT2D eigenvalue weighted by Gasteiger charge is 2.78. The van der Waals surface area contributed by atoms with E-state index in [0.29, 0.717) is 24.9 Å². The molecule has 8 heteroatoms. The number of amides is 3. The van der Waals surface area contributed by atoms with Gasteiger partial charge in [-0.15, -0.1) is 0 Å². The number of aliphatic hydroxyl groups excluding tert-OH is 1. The standard InChI is InChI=1S/C29H43N3O5/c1-8-19(16-33)32-22(24(35)31-27(5,6)17-26(2,3)4)29-15-14-28(7,37-29)20(21(29)25(32)36)23(34)30-18-12-10-9-11-13-18/h9-13,19-22,33H,8,14-17H2,1-7H3,(H,30,34)(H,31,35)/t19-,20+,21-,22?,28-,29?/m0/s1. The molecular weight excluding hydrogens is 470 g/mol. The maximum absolute atomic E-state index is 14.1. The Morgan fingerprint density at radius 3 is 2.35 bits per heavy atom. The average Bonchev–Trinajstić information content (AvgIpc) is 3.34. The van der Waals surface area contributed by atoms with Gasteiger partial charge in [0.1, 0.15) is 11.6 Å². The Hall–Kier alpha value is -2.45. The maximum Gasteiger partial charge on any atom is 0.246 e. The van der Waals surface area contributed by atoms with Crippen molar-refractivity contribution in [1.82, 2.24) is 10.2 Å². The highest BCUT2D eigenvalue weighted by molar-refractivity contribution is 6.02. The van der Waals surface area contributed by atoms with Gasteiger partial charge >= 0.3 is 0 Å². The van der Waals surface area contributed by atoms with E-state index in [1.165, 1.54) is 4.90 Å². The number of hydrogen-bond acceptors (Lipinski definition) is 5. The Kier molecular flexibility index (Phi) is 6.99. The van der Waals surface area contributed by atoms with Crippen molar-refractivity contribution in [1.29, 1.82) is 0 Å². The van der Waals surface area contributed by atoms with Gasteiger partial charge in [-0.1, -0.05) is 45.9 Å². The van der Waals surface area contributed by atoms with Gasteiger partial charge in [0.25, 0.3) is 0 Å². The molecule has 2 bridgehead atoms. The van der Waals surface area contributed by atoms with E-state index >= 15 is 0 Å². The highest BCUT2D eigenvalue weighted by Crippen LogP contribution is 2.63. The Balaban J connectivity index is 1.72. The highest BCUT2D eigenvalue weighted by atomic mass is 16.5. The fraction of sp³-hybridized carbons (Fsp3) is 0.690. The van der Waals surface area contributed by atoms with Crippen LogP contribution in [0.5, 0.6) is 0 Å². The predicted molar refractivity (Wildman–Crippen MR) is 142 cm³/mol. The second kappa shape index (κ2) is 9.38. The molecule has 0 aliphatic carbocycles. The number of hydrogen-bond donors (Lipinski definition) is 3. The molecule has 37 heavy (non-hydrogen) atoms. The van der Waals surface area contributed by atoms with Gasteiger partial charge in [0, 0.05) is 11.2 Å². The van der Waals surface area contributed by atoms with Crippen molar-refractivity contribution in [3.8, 4) is 0 Å². The van der Waals surface area contributed by atoms with E-state index in [1.807, 2.05) is 45.9 Å². The molecule has 3 heterocycles. The van der Waals surface area contributed by atoms with Crippen LogP contribution < -0.4 is 10.6 Å². The monoisotopic (exact) mass is 513 g/mol. The summed E-state index contributed by atoms with van der Waals surface area (Å²) in [6.45, 7) is 13.8. The molecule has 8 nitrogen and oxygen atoms in total. The van der Waals surface area contributed by atoms with E-state index in [9.17, 15) is 19.5 Å². The minimum Gasteiger partial charge on any atom is -0.394 e. The van der Waals surface area contributed by atoms with Crippen molar-refractivity contribution in [2.24, 2.45) is 17.3 Å². The Labute approximate surface area is 220 Å². The zero-order valence-electron chi connectivity index (χ0n) is 23.3. The molecular formula is C29H43N3O5. The third-order valence-corrected chi connectivity index (χ3v) is 8.30. The summed E-state index contributed by atoms with van der Waals surface area (Å²) in [6.07, 6.45) is 2.30. The number of carbonyl (C=O) groups excluding carboxylic acids is 3. The molecule has 0 aromatic heterocycles. The molecule has 3 amide bonds. The van der Waals surface area contributed by atoms with E-state index in [1.54, 1.807) is 12.1 Å². The smallest absolute Gasteiger partial charge is 0.246 e. The number of anilines is 1. The van der Waals surface area contributed by atoms with Crippen LogP contribution in [0.3, 0.4) is 0 Å². The summed E-state index contributed by atoms with van der Waals surface area (Å²) in [5.41, 5.74) is -1.86. The Bertz CT molecular complexity index is 1050. The zero-order chi connectivity index (χ0) is 27.4. The van der Waals surface area contributed by atoms with Crippen molar-refractivity contribution in [2.45, 2.75) is 103 Å². The number of likely N-dealkylation sites (tertiary alicyclic amines) is 1. The molecule has 0 saturated carbocycles. The van der Waals surface area contributed by atoms with Crippen molar-refractivity contribution in [3.63, 3.8) is 0 Å². The first kappa shape index (κ1) is 27.6. The van der Waals surface area contributed by atoms with Gasteiger partial charge in [-0.25, -0.2) is 0 Å². The van der Waals surface area contributed by atoms with Gasteiger partial charge in [0.15, 0.2) is 0 Å². The first-order valence-electron chi connectivity index (χ1n) is 13.5. The number of fused-ring (bicyclic) bond motifs is 1. The predicted octanol–water partition coefficient (Wildman–Crippen LogP) is 3.49. The Morgan fingerprint density at radius 1 is 1.14 bits per heavy atom. The average molecular weight is 514 g/mol. The third-order valence-electron chi connectivity index (χ3n) is 8.30. The molecule has 3 N–H and O–H groups in total. The topological polar surface area (TPSA) is 108 Å². The molecule has 3 aliphatic heterocycles. The number of carbonyl (C=O) groups is 3. The van der Waals surface area contributed by atoms with Crippen molar-refractivity contribution < 1.29 is 24.2 Å². The van der Waals surface area contributed by atoms with E-state index in [2.05, 4.69) is 31.4 Å². The van der Waals surface area contributed by atoms with Crippen LogP contribution in [-0.2, 0) is 19.1 Å².